The minimum atomic E-state index is -3.79. The molecule has 8 nitrogen and oxygen atoms in total. The number of fused-ring (bicyclic) bond motifs is 1. The van der Waals surface area contributed by atoms with E-state index in [9.17, 15) is 18.7 Å². The summed E-state index contributed by atoms with van der Waals surface area (Å²) in [5.41, 5.74) is -2.72. The van der Waals surface area contributed by atoms with E-state index < -0.39 is 28.9 Å². The molecule has 4 rings (SSSR count). The first-order chi connectivity index (χ1) is 17.3. The Hall–Kier alpha value is -3.47. The van der Waals surface area contributed by atoms with Gasteiger partial charge in [0, 0.05) is 44.1 Å². The first-order valence-electron chi connectivity index (χ1n) is 12.1. The number of pyridine rings is 1. The Bertz CT molecular complexity index is 1320. The van der Waals surface area contributed by atoms with Gasteiger partial charge in [0.25, 0.3) is 0 Å². The van der Waals surface area contributed by atoms with Crippen molar-refractivity contribution in [1.29, 1.82) is 0 Å². The Labute approximate surface area is 213 Å². The van der Waals surface area contributed by atoms with Crippen molar-refractivity contribution in [2.24, 2.45) is 0 Å². The van der Waals surface area contributed by atoms with Crippen LogP contribution >= 0.6 is 0 Å². The molecule has 0 unspecified atom stereocenters. The van der Waals surface area contributed by atoms with E-state index in [1.807, 2.05) is 6.07 Å². The van der Waals surface area contributed by atoms with Gasteiger partial charge in [-0.3, -0.25) is 4.79 Å². The molecule has 3 aromatic rings. The van der Waals surface area contributed by atoms with E-state index in [-0.39, 0.29) is 11.5 Å². The fourth-order valence-corrected chi connectivity index (χ4v) is 4.41. The minimum absolute atomic E-state index is 0.0143. The second kappa shape index (κ2) is 9.77. The van der Waals surface area contributed by atoms with Crippen LogP contribution < -0.4 is 10.2 Å². The summed E-state index contributed by atoms with van der Waals surface area (Å²) < 4.78 is 44.9. The molecule has 1 atom stereocenters. The third kappa shape index (κ3) is 5.18. The van der Waals surface area contributed by atoms with Gasteiger partial charge >= 0.3 is 5.92 Å². The SMILES string of the molecule is CC(=O)N1CCN(c2cc3c(N[C@H](C)c4cccc(C(F)(F)C(C)(C)O)c4F)nc(C)nc3cn2)CC1. The fraction of sp³-hybridized carbons (Fsp3) is 0.462. The molecule has 1 aromatic carbocycles. The van der Waals surface area contributed by atoms with Crippen LogP contribution in [-0.4, -0.2) is 62.6 Å². The van der Waals surface area contributed by atoms with Gasteiger partial charge in [0.05, 0.1) is 23.3 Å². The van der Waals surface area contributed by atoms with Crippen molar-refractivity contribution in [3.05, 3.63) is 53.2 Å². The van der Waals surface area contributed by atoms with Crippen LogP contribution in [0.25, 0.3) is 10.9 Å². The minimum Gasteiger partial charge on any atom is -0.384 e. The van der Waals surface area contributed by atoms with Crippen LogP contribution in [0.15, 0.2) is 30.5 Å². The summed E-state index contributed by atoms with van der Waals surface area (Å²) in [6.45, 7) is 9.23. The number of benzene rings is 1. The third-order valence-corrected chi connectivity index (χ3v) is 6.68. The van der Waals surface area contributed by atoms with Gasteiger partial charge < -0.3 is 20.2 Å². The monoisotopic (exact) mass is 516 g/mol. The number of carbonyl (C=O) groups is 1. The summed E-state index contributed by atoms with van der Waals surface area (Å²) in [6.07, 6.45) is 1.64. The summed E-state index contributed by atoms with van der Waals surface area (Å²) in [4.78, 5) is 29.0. The molecule has 0 aliphatic carbocycles. The van der Waals surface area contributed by atoms with Crippen molar-refractivity contribution in [2.45, 2.75) is 52.2 Å². The van der Waals surface area contributed by atoms with Gasteiger partial charge in [-0.25, -0.2) is 19.3 Å². The molecule has 2 N–H and O–H groups in total. The van der Waals surface area contributed by atoms with Crippen molar-refractivity contribution >= 4 is 28.4 Å². The van der Waals surface area contributed by atoms with Crippen LogP contribution in [0.1, 0.15) is 50.7 Å². The average molecular weight is 517 g/mol. The Balaban J connectivity index is 1.66. The standard InChI is InChI=1S/C26H31F3N6O2/c1-15(18-7-6-8-20(23(18)27)26(28,29)25(4,5)37)31-24-19-13-22(30-14-21(19)32-16(2)33-24)35-11-9-34(10-12-35)17(3)36/h6-8,13-15,37H,9-12H2,1-5H3,(H,31,32,33)/t15-/m1/s1. The molecule has 11 heteroatoms. The van der Waals surface area contributed by atoms with Crippen LogP contribution in [0, 0.1) is 12.7 Å². The van der Waals surface area contributed by atoms with Crippen molar-refractivity contribution in [2.75, 3.05) is 36.4 Å². The van der Waals surface area contributed by atoms with Gasteiger partial charge in [0.15, 0.2) is 0 Å². The summed E-state index contributed by atoms with van der Waals surface area (Å²) in [6, 6.07) is 4.86. The smallest absolute Gasteiger partial charge is 0.303 e. The average Bonchev–Trinajstić information content (AvgIpc) is 2.83. The topological polar surface area (TPSA) is 94.5 Å². The second-order valence-electron chi connectivity index (χ2n) is 9.88. The molecule has 2 aromatic heterocycles. The van der Waals surface area contributed by atoms with E-state index in [1.54, 1.807) is 31.9 Å². The number of aryl methyl sites for hydroxylation is 1. The number of halogens is 3. The molecule has 0 saturated carbocycles. The van der Waals surface area contributed by atoms with Crippen molar-refractivity contribution < 1.29 is 23.1 Å². The number of alkyl halides is 2. The number of rotatable bonds is 6. The van der Waals surface area contributed by atoms with E-state index in [1.165, 1.54) is 12.1 Å². The lowest BCUT2D eigenvalue weighted by Crippen LogP contribution is -2.48. The van der Waals surface area contributed by atoms with Crippen molar-refractivity contribution in [1.82, 2.24) is 19.9 Å². The molecule has 1 aliphatic heterocycles. The number of aromatic nitrogens is 3. The largest absolute Gasteiger partial charge is 0.384 e. The number of hydrogen-bond acceptors (Lipinski definition) is 7. The molecule has 198 valence electrons. The number of anilines is 2. The predicted molar refractivity (Wildman–Crippen MR) is 135 cm³/mol. The van der Waals surface area contributed by atoms with E-state index >= 15 is 4.39 Å². The Morgan fingerprint density at radius 3 is 2.46 bits per heavy atom. The van der Waals surface area contributed by atoms with Gasteiger partial charge in [-0.15, -0.1) is 0 Å². The zero-order valence-electron chi connectivity index (χ0n) is 21.5. The maximum atomic E-state index is 15.3. The van der Waals surface area contributed by atoms with Crippen LogP contribution in [-0.2, 0) is 10.7 Å². The molecule has 37 heavy (non-hydrogen) atoms. The molecule has 0 radical (unpaired) electrons. The lowest BCUT2D eigenvalue weighted by molar-refractivity contribution is -0.170. The van der Waals surface area contributed by atoms with Crippen molar-refractivity contribution in [3.63, 3.8) is 0 Å². The Kier molecular flexibility index (Phi) is 7.02. The summed E-state index contributed by atoms with van der Waals surface area (Å²) >= 11 is 0. The second-order valence-corrected chi connectivity index (χ2v) is 9.88. The molecule has 1 saturated heterocycles. The molecule has 1 amide bonds. The predicted octanol–water partition coefficient (Wildman–Crippen LogP) is 4.18. The maximum absolute atomic E-state index is 15.3. The molecule has 1 fully saturated rings. The number of nitrogens with one attached hydrogen (secondary N) is 1. The number of amides is 1. The van der Waals surface area contributed by atoms with E-state index in [0.717, 1.165) is 19.9 Å². The molecule has 1 aliphatic rings. The lowest BCUT2D eigenvalue weighted by Gasteiger charge is -2.35. The third-order valence-electron chi connectivity index (χ3n) is 6.68. The fourth-order valence-electron chi connectivity index (χ4n) is 4.41. The van der Waals surface area contributed by atoms with Gasteiger partial charge in [-0.05, 0) is 39.8 Å². The Morgan fingerprint density at radius 1 is 1.16 bits per heavy atom. The zero-order valence-corrected chi connectivity index (χ0v) is 21.5. The van der Waals surface area contributed by atoms with Crippen LogP contribution in [0.4, 0.5) is 24.8 Å². The van der Waals surface area contributed by atoms with Crippen LogP contribution in [0.3, 0.4) is 0 Å². The first kappa shape index (κ1) is 26.6. The van der Waals surface area contributed by atoms with E-state index in [2.05, 4.69) is 25.2 Å². The number of nitrogens with zero attached hydrogens (tertiary/aromatic N) is 5. The van der Waals surface area contributed by atoms with Crippen molar-refractivity contribution in [3.8, 4) is 0 Å². The highest BCUT2D eigenvalue weighted by Gasteiger charge is 2.49. The normalized spacial score (nSPS) is 15.7. The summed E-state index contributed by atoms with van der Waals surface area (Å²) in [5, 5.41) is 13.7. The summed E-state index contributed by atoms with van der Waals surface area (Å²) in [7, 11) is 0. The van der Waals surface area contributed by atoms with Crippen LogP contribution in [0.2, 0.25) is 0 Å². The van der Waals surface area contributed by atoms with Gasteiger partial charge in [-0.2, -0.15) is 8.78 Å². The van der Waals surface area contributed by atoms with Gasteiger partial charge in [-0.1, -0.05) is 12.1 Å². The number of aliphatic hydroxyl groups is 1. The molecule has 0 spiro atoms. The first-order valence-corrected chi connectivity index (χ1v) is 12.1. The Morgan fingerprint density at radius 2 is 1.84 bits per heavy atom. The molecule has 3 heterocycles. The van der Waals surface area contributed by atoms with E-state index in [0.29, 0.717) is 54.5 Å². The summed E-state index contributed by atoms with van der Waals surface area (Å²) in [5.74, 6) is -3.27. The zero-order chi connectivity index (χ0) is 27.1. The maximum Gasteiger partial charge on any atom is 0.303 e. The molecular formula is C26H31F3N6O2. The number of piperazine rings is 1. The van der Waals surface area contributed by atoms with Crippen LogP contribution in [0.5, 0.6) is 0 Å². The highest BCUT2D eigenvalue weighted by Crippen LogP contribution is 2.41. The highest BCUT2D eigenvalue weighted by atomic mass is 19.3. The van der Waals surface area contributed by atoms with E-state index in [4.69, 9.17) is 0 Å². The molecule has 0 bridgehead atoms. The van der Waals surface area contributed by atoms with Gasteiger partial charge in [0.1, 0.15) is 28.9 Å². The molecular weight excluding hydrogens is 485 g/mol. The highest BCUT2D eigenvalue weighted by molar-refractivity contribution is 5.90. The lowest BCUT2D eigenvalue weighted by atomic mass is 9.91. The quantitative estimate of drug-likeness (QED) is 0.508. The number of hydrogen-bond donors (Lipinski definition) is 2. The van der Waals surface area contributed by atoms with Gasteiger partial charge in [0.2, 0.25) is 5.91 Å². The number of carbonyl (C=O) groups excluding carboxylic acids is 1.